The summed E-state index contributed by atoms with van der Waals surface area (Å²) >= 11 is 1.50. The highest BCUT2D eigenvalue weighted by Gasteiger charge is 2.24. The first-order chi connectivity index (χ1) is 12.5. The van der Waals surface area contributed by atoms with Crippen LogP contribution in [-0.4, -0.2) is 25.7 Å². The highest BCUT2D eigenvalue weighted by atomic mass is 32.1. The molecular formula is C16H12N4O5S. The lowest BCUT2D eigenvalue weighted by Crippen LogP contribution is -2.19. The molecule has 4 aromatic rings. The Morgan fingerprint density at radius 1 is 1.42 bits per heavy atom. The van der Waals surface area contributed by atoms with Gasteiger partial charge in [0.1, 0.15) is 23.0 Å². The molecule has 9 nitrogen and oxygen atoms in total. The van der Waals surface area contributed by atoms with Crippen LogP contribution in [0.2, 0.25) is 0 Å². The molecule has 4 rings (SSSR count). The minimum absolute atomic E-state index is 0.0512. The Labute approximate surface area is 149 Å². The summed E-state index contributed by atoms with van der Waals surface area (Å²) in [5.74, 6) is 0.109. The molecule has 10 heteroatoms. The Morgan fingerprint density at radius 3 is 3.04 bits per heavy atom. The van der Waals surface area contributed by atoms with E-state index in [0.717, 1.165) is 5.56 Å². The molecule has 0 unspecified atom stereocenters. The minimum atomic E-state index is -0.715. The van der Waals surface area contributed by atoms with Gasteiger partial charge in [-0.15, -0.1) is 0 Å². The van der Waals surface area contributed by atoms with E-state index < -0.39 is 11.5 Å². The van der Waals surface area contributed by atoms with Crippen LogP contribution in [0, 0.1) is 6.92 Å². The van der Waals surface area contributed by atoms with Crippen LogP contribution in [0.1, 0.15) is 21.9 Å². The van der Waals surface area contributed by atoms with Gasteiger partial charge >= 0.3 is 5.97 Å². The van der Waals surface area contributed by atoms with E-state index in [9.17, 15) is 9.59 Å². The molecule has 0 atom stereocenters. The van der Waals surface area contributed by atoms with Crippen LogP contribution in [0.3, 0.4) is 0 Å². The van der Waals surface area contributed by atoms with Gasteiger partial charge in [0.2, 0.25) is 11.5 Å². The highest BCUT2D eigenvalue weighted by Crippen LogP contribution is 2.23. The van der Waals surface area contributed by atoms with Crippen molar-refractivity contribution >= 4 is 28.4 Å². The van der Waals surface area contributed by atoms with Crippen LogP contribution in [0.4, 0.5) is 0 Å². The molecule has 0 saturated carbocycles. The molecule has 4 heterocycles. The fourth-order valence-corrected chi connectivity index (χ4v) is 3.08. The third kappa shape index (κ3) is 2.69. The molecule has 0 aromatic carbocycles. The van der Waals surface area contributed by atoms with E-state index in [1.165, 1.54) is 29.3 Å². The van der Waals surface area contributed by atoms with Crippen LogP contribution in [0.15, 0.2) is 36.9 Å². The third-order valence-corrected chi connectivity index (χ3v) is 4.40. The molecular weight excluding hydrogens is 360 g/mol. The lowest BCUT2D eigenvalue weighted by atomic mass is 10.2. The van der Waals surface area contributed by atoms with Crippen LogP contribution >= 0.6 is 11.3 Å². The molecule has 4 aromatic heterocycles. The number of nitrogens with zero attached hydrogens (tertiary/aromatic N) is 4. The number of aromatic nitrogens is 4. The van der Waals surface area contributed by atoms with Crippen molar-refractivity contribution in [3.05, 3.63) is 50.7 Å². The first-order valence-electron chi connectivity index (χ1n) is 7.51. The van der Waals surface area contributed by atoms with Crippen molar-refractivity contribution in [1.29, 1.82) is 0 Å². The number of esters is 1. The summed E-state index contributed by atoms with van der Waals surface area (Å²) < 4.78 is 17.0. The number of hydrogen-bond acceptors (Lipinski definition) is 9. The fraction of sp³-hybridized carbons (Fsp3) is 0.188. The van der Waals surface area contributed by atoms with E-state index in [2.05, 4.69) is 15.1 Å². The van der Waals surface area contributed by atoms with Crippen molar-refractivity contribution in [2.75, 3.05) is 0 Å². The number of hydrogen-bond donors (Lipinski definition) is 0. The summed E-state index contributed by atoms with van der Waals surface area (Å²) in [5, 5.41) is 7.63. The van der Waals surface area contributed by atoms with E-state index in [1.54, 1.807) is 6.92 Å². The first-order valence-corrected chi connectivity index (χ1v) is 8.46. The van der Waals surface area contributed by atoms with Crippen molar-refractivity contribution in [3.8, 4) is 11.5 Å². The molecule has 0 bridgehead atoms. The van der Waals surface area contributed by atoms with E-state index in [1.807, 2.05) is 16.8 Å². The lowest BCUT2D eigenvalue weighted by molar-refractivity contribution is 0.0459. The maximum absolute atomic E-state index is 12.5. The Balaban J connectivity index is 1.58. The monoisotopic (exact) mass is 372 g/mol. The molecule has 0 spiro atoms. The SMILES string of the molecule is Cc1oc2ncn(C)c(=O)c2c1C(=O)OCc1noc(-c2ccsc2)n1. The summed E-state index contributed by atoms with van der Waals surface area (Å²) in [5.41, 5.74) is 0.552. The van der Waals surface area contributed by atoms with Gasteiger partial charge in [-0.25, -0.2) is 9.78 Å². The number of thiophene rings is 1. The van der Waals surface area contributed by atoms with Gasteiger partial charge in [-0.2, -0.15) is 16.3 Å². The second-order valence-electron chi connectivity index (χ2n) is 5.48. The predicted octanol–water partition coefficient (Wildman–Crippen LogP) is 2.30. The molecule has 0 aliphatic carbocycles. The normalized spacial score (nSPS) is 11.2. The van der Waals surface area contributed by atoms with Gasteiger partial charge in [-0.05, 0) is 18.4 Å². The summed E-state index contributed by atoms with van der Waals surface area (Å²) in [7, 11) is 1.54. The topological polar surface area (TPSA) is 113 Å². The van der Waals surface area contributed by atoms with Gasteiger partial charge in [-0.1, -0.05) is 5.16 Å². The Bertz CT molecular complexity index is 1160. The van der Waals surface area contributed by atoms with E-state index in [4.69, 9.17) is 13.7 Å². The largest absolute Gasteiger partial charge is 0.454 e. The summed E-state index contributed by atoms with van der Waals surface area (Å²) in [6, 6.07) is 1.84. The number of aryl methyl sites for hydroxylation is 2. The molecule has 26 heavy (non-hydrogen) atoms. The summed E-state index contributed by atoms with van der Waals surface area (Å²) in [4.78, 5) is 32.9. The van der Waals surface area contributed by atoms with Crippen molar-refractivity contribution in [2.24, 2.45) is 7.05 Å². The van der Waals surface area contributed by atoms with E-state index >= 15 is 0 Å². The maximum atomic E-state index is 12.5. The zero-order valence-corrected chi connectivity index (χ0v) is 14.6. The van der Waals surface area contributed by atoms with Crippen LogP contribution in [0.25, 0.3) is 22.6 Å². The number of ether oxygens (including phenoxy) is 1. The van der Waals surface area contributed by atoms with Gasteiger partial charge < -0.3 is 18.2 Å². The lowest BCUT2D eigenvalue weighted by Gasteiger charge is -2.01. The average Bonchev–Trinajstić information content (AvgIpc) is 3.34. The van der Waals surface area contributed by atoms with Gasteiger partial charge in [-0.3, -0.25) is 4.79 Å². The van der Waals surface area contributed by atoms with E-state index in [-0.39, 0.29) is 34.9 Å². The number of fused-ring (bicyclic) bond motifs is 1. The first kappa shape index (κ1) is 16.2. The number of carbonyl (C=O) groups excluding carboxylic acids is 1. The molecule has 0 radical (unpaired) electrons. The second kappa shape index (κ2) is 6.23. The zero-order valence-electron chi connectivity index (χ0n) is 13.8. The van der Waals surface area contributed by atoms with Crippen molar-refractivity contribution in [1.82, 2.24) is 19.7 Å². The average molecular weight is 372 g/mol. The molecule has 0 aliphatic rings. The smallest absolute Gasteiger partial charge is 0.343 e. The molecule has 0 aliphatic heterocycles. The Hall–Kier alpha value is -3.27. The molecule has 0 N–H and O–H groups in total. The quantitative estimate of drug-likeness (QED) is 0.501. The summed E-state index contributed by atoms with van der Waals surface area (Å²) in [6.07, 6.45) is 1.33. The molecule has 0 amide bonds. The van der Waals surface area contributed by atoms with Crippen LogP contribution in [-0.2, 0) is 18.4 Å². The van der Waals surface area contributed by atoms with Crippen LogP contribution in [0.5, 0.6) is 0 Å². The van der Waals surface area contributed by atoms with Crippen LogP contribution < -0.4 is 5.56 Å². The standard InChI is InChI=1S/C16H12N4O5S/c1-8-11(12-14(24-8)17-7-20(2)15(12)21)16(22)23-5-10-18-13(25-19-10)9-3-4-26-6-9/h3-4,6-7H,5H2,1-2H3. The highest BCUT2D eigenvalue weighted by molar-refractivity contribution is 7.08. The number of carbonyl (C=O) groups is 1. The second-order valence-corrected chi connectivity index (χ2v) is 6.26. The Morgan fingerprint density at radius 2 is 2.27 bits per heavy atom. The third-order valence-electron chi connectivity index (χ3n) is 3.72. The Kier molecular flexibility index (Phi) is 3.88. The fourth-order valence-electron chi connectivity index (χ4n) is 2.45. The van der Waals surface area contributed by atoms with Gasteiger partial charge in [0.05, 0.1) is 5.56 Å². The van der Waals surface area contributed by atoms with Gasteiger partial charge in [0, 0.05) is 12.4 Å². The zero-order chi connectivity index (χ0) is 18.3. The van der Waals surface area contributed by atoms with Gasteiger partial charge in [0.15, 0.2) is 6.61 Å². The molecule has 0 fully saturated rings. The van der Waals surface area contributed by atoms with Crippen molar-refractivity contribution in [3.63, 3.8) is 0 Å². The number of furan rings is 1. The molecule has 0 saturated heterocycles. The molecule has 132 valence electrons. The van der Waals surface area contributed by atoms with Crippen molar-refractivity contribution < 1.29 is 18.5 Å². The number of rotatable bonds is 4. The summed E-state index contributed by atoms with van der Waals surface area (Å²) in [6.45, 7) is 1.37. The van der Waals surface area contributed by atoms with E-state index in [0.29, 0.717) is 5.89 Å². The maximum Gasteiger partial charge on any atom is 0.343 e. The van der Waals surface area contributed by atoms with Gasteiger partial charge in [0.25, 0.3) is 11.4 Å². The minimum Gasteiger partial charge on any atom is -0.454 e. The van der Waals surface area contributed by atoms with Crippen molar-refractivity contribution in [2.45, 2.75) is 13.5 Å². The predicted molar refractivity (Wildman–Crippen MR) is 90.7 cm³/mol.